The lowest BCUT2D eigenvalue weighted by Gasteiger charge is -2.30. The van der Waals surface area contributed by atoms with E-state index in [4.69, 9.17) is 5.73 Å². The van der Waals surface area contributed by atoms with Gasteiger partial charge in [-0.05, 0) is 42.9 Å². The van der Waals surface area contributed by atoms with Crippen molar-refractivity contribution in [2.24, 2.45) is 11.7 Å². The Morgan fingerprint density at radius 1 is 1.23 bits per heavy atom. The topological polar surface area (TPSA) is 68.0 Å². The second kappa shape index (κ2) is 11.7. The van der Waals surface area contributed by atoms with E-state index in [2.05, 4.69) is 10.3 Å². The summed E-state index contributed by atoms with van der Waals surface area (Å²) >= 11 is 0. The number of nitrogens with one attached hydrogen (secondary N) is 1. The summed E-state index contributed by atoms with van der Waals surface area (Å²) in [6.07, 6.45) is 11.1. The van der Waals surface area contributed by atoms with Crippen LogP contribution in [0.25, 0.3) is 0 Å². The predicted molar refractivity (Wildman–Crippen MR) is 94.6 cm³/mol. The van der Waals surface area contributed by atoms with Gasteiger partial charge in [-0.2, -0.15) is 0 Å². The van der Waals surface area contributed by atoms with Crippen LogP contribution < -0.4 is 11.1 Å². The summed E-state index contributed by atoms with van der Waals surface area (Å²) in [7, 11) is 0. The first-order valence-electron chi connectivity index (χ1n) is 7.68. The third kappa shape index (κ3) is 6.95. The van der Waals surface area contributed by atoms with Crippen LogP contribution in [0.3, 0.4) is 0 Å². The average molecular weight is 348 g/mol. The molecule has 0 aromatic carbocycles. The summed E-state index contributed by atoms with van der Waals surface area (Å²) < 4.78 is 0. The van der Waals surface area contributed by atoms with Gasteiger partial charge in [-0.15, -0.1) is 24.8 Å². The van der Waals surface area contributed by atoms with Crippen LogP contribution in [0.15, 0.2) is 24.5 Å². The summed E-state index contributed by atoms with van der Waals surface area (Å²) in [5, 5.41) is 3.13. The van der Waals surface area contributed by atoms with Gasteiger partial charge in [-0.3, -0.25) is 9.78 Å². The number of halogens is 2. The van der Waals surface area contributed by atoms with Crippen molar-refractivity contribution in [3.63, 3.8) is 0 Å². The Kier molecular flexibility index (Phi) is 11.2. The molecule has 1 saturated carbocycles. The van der Waals surface area contributed by atoms with Crippen LogP contribution in [-0.2, 0) is 11.2 Å². The normalized spacial score (nSPS) is 16.0. The van der Waals surface area contributed by atoms with Gasteiger partial charge in [0.05, 0.1) is 0 Å². The van der Waals surface area contributed by atoms with Crippen molar-refractivity contribution in [3.05, 3.63) is 30.1 Å². The highest BCUT2D eigenvalue weighted by Crippen LogP contribution is 2.26. The lowest BCUT2D eigenvalue weighted by molar-refractivity contribution is -0.122. The fourth-order valence-electron chi connectivity index (χ4n) is 2.99. The Bertz CT molecular complexity index is 411. The first-order valence-corrected chi connectivity index (χ1v) is 7.68. The van der Waals surface area contributed by atoms with Gasteiger partial charge >= 0.3 is 0 Å². The number of hydrogen-bond donors (Lipinski definition) is 2. The molecule has 1 aliphatic rings. The van der Waals surface area contributed by atoms with Gasteiger partial charge in [-0.25, -0.2) is 0 Å². The van der Waals surface area contributed by atoms with Gasteiger partial charge in [-0.1, -0.05) is 19.3 Å². The Hall–Kier alpha value is -0.840. The van der Waals surface area contributed by atoms with Crippen LogP contribution in [0.1, 0.15) is 44.1 Å². The quantitative estimate of drug-likeness (QED) is 0.831. The number of rotatable bonds is 6. The van der Waals surface area contributed by atoms with Gasteiger partial charge in [0.1, 0.15) is 0 Å². The summed E-state index contributed by atoms with van der Waals surface area (Å²) in [6.45, 7) is 0.547. The van der Waals surface area contributed by atoms with E-state index < -0.39 is 0 Å². The highest BCUT2D eigenvalue weighted by atomic mass is 35.5. The van der Waals surface area contributed by atoms with Gasteiger partial charge in [0.25, 0.3) is 0 Å². The van der Waals surface area contributed by atoms with E-state index in [0.717, 1.165) is 12.0 Å². The molecule has 1 fully saturated rings. The van der Waals surface area contributed by atoms with Crippen LogP contribution in [-0.4, -0.2) is 23.5 Å². The molecule has 1 aromatic heterocycles. The first-order chi connectivity index (χ1) is 9.79. The van der Waals surface area contributed by atoms with Crippen molar-refractivity contribution in [2.75, 3.05) is 6.54 Å². The van der Waals surface area contributed by atoms with Crippen LogP contribution in [0, 0.1) is 5.92 Å². The number of aromatic nitrogens is 1. The smallest absolute Gasteiger partial charge is 0.220 e. The summed E-state index contributed by atoms with van der Waals surface area (Å²) in [4.78, 5) is 16.0. The molecule has 126 valence electrons. The second-order valence-corrected chi connectivity index (χ2v) is 5.66. The molecule has 0 bridgehead atoms. The van der Waals surface area contributed by atoms with Gasteiger partial charge in [0.2, 0.25) is 5.91 Å². The van der Waals surface area contributed by atoms with Crippen molar-refractivity contribution in [1.82, 2.24) is 10.3 Å². The standard InChI is InChI=1S/C16H25N3O.2ClH/c17-12-15(14-4-2-1-3-5-14)19-16(20)7-6-13-8-10-18-11-9-13;;/h8-11,14-15H,1-7,12,17H2,(H,19,20);2*1H. The van der Waals surface area contributed by atoms with Crippen LogP contribution in [0.4, 0.5) is 0 Å². The summed E-state index contributed by atoms with van der Waals surface area (Å²) in [6, 6.07) is 4.06. The molecule has 2 rings (SSSR count). The minimum Gasteiger partial charge on any atom is -0.352 e. The largest absolute Gasteiger partial charge is 0.352 e. The number of amides is 1. The second-order valence-electron chi connectivity index (χ2n) is 5.66. The van der Waals surface area contributed by atoms with E-state index in [1.165, 1.54) is 32.1 Å². The number of nitrogens with two attached hydrogens (primary N) is 1. The molecule has 1 aromatic rings. The maximum Gasteiger partial charge on any atom is 0.220 e. The maximum atomic E-state index is 12.0. The SMILES string of the molecule is Cl.Cl.NCC(NC(=O)CCc1ccncc1)C1CCCCC1. The molecule has 3 N–H and O–H groups in total. The Labute approximate surface area is 145 Å². The zero-order chi connectivity index (χ0) is 14.2. The van der Waals surface area contributed by atoms with E-state index in [-0.39, 0.29) is 36.8 Å². The summed E-state index contributed by atoms with van der Waals surface area (Å²) in [5.41, 5.74) is 6.99. The zero-order valence-corrected chi connectivity index (χ0v) is 14.5. The molecule has 0 radical (unpaired) electrons. The Balaban J connectivity index is 0.00000220. The van der Waals surface area contributed by atoms with E-state index in [1.807, 2.05) is 12.1 Å². The molecule has 0 saturated heterocycles. The summed E-state index contributed by atoms with van der Waals surface area (Å²) in [5.74, 6) is 0.682. The van der Waals surface area contributed by atoms with E-state index in [0.29, 0.717) is 18.9 Å². The highest BCUT2D eigenvalue weighted by Gasteiger charge is 2.23. The number of carbonyl (C=O) groups excluding carboxylic acids is 1. The minimum absolute atomic E-state index is 0. The highest BCUT2D eigenvalue weighted by molar-refractivity contribution is 5.85. The van der Waals surface area contributed by atoms with Crippen molar-refractivity contribution < 1.29 is 4.79 Å². The van der Waals surface area contributed by atoms with Crippen LogP contribution in [0.5, 0.6) is 0 Å². The Morgan fingerprint density at radius 3 is 2.45 bits per heavy atom. The molecule has 1 unspecified atom stereocenters. The van der Waals surface area contributed by atoms with Crippen LogP contribution in [0.2, 0.25) is 0 Å². The third-order valence-corrected chi connectivity index (χ3v) is 4.21. The lowest BCUT2D eigenvalue weighted by Crippen LogP contribution is -2.45. The molecular formula is C16H27Cl2N3O. The van der Waals surface area contributed by atoms with Gasteiger partial charge in [0.15, 0.2) is 0 Å². The lowest BCUT2D eigenvalue weighted by atomic mass is 9.84. The molecule has 0 aliphatic heterocycles. The van der Waals surface area contributed by atoms with Crippen molar-refractivity contribution in [2.45, 2.75) is 51.0 Å². The molecule has 0 spiro atoms. The van der Waals surface area contributed by atoms with E-state index >= 15 is 0 Å². The maximum absolute atomic E-state index is 12.0. The number of aryl methyl sites for hydroxylation is 1. The Morgan fingerprint density at radius 2 is 1.86 bits per heavy atom. The van der Waals surface area contributed by atoms with E-state index in [1.54, 1.807) is 12.4 Å². The predicted octanol–water partition coefficient (Wildman–Crippen LogP) is 2.88. The van der Waals surface area contributed by atoms with Crippen molar-refractivity contribution >= 4 is 30.7 Å². The molecule has 6 heteroatoms. The fraction of sp³-hybridized carbons (Fsp3) is 0.625. The molecule has 1 atom stereocenters. The molecule has 22 heavy (non-hydrogen) atoms. The van der Waals surface area contributed by atoms with E-state index in [9.17, 15) is 4.79 Å². The van der Waals surface area contributed by atoms with Gasteiger partial charge in [0, 0.05) is 31.4 Å². The number of carbonyl (C=O) groups is 1. The first kappa shape index (κ1) is 21.2. The average Bonchev–Trinajstić information content (AvgIpc) is 2.52. The van der Waals surface area contributed by atoms with Crippen molar-refractivity contribution in [1.29, 1.82) is 0 Å². The molecule has 1 aliphatic carbocycles. The fourth-order valence-corrected chi connectivity index (χ4v) is 2.99. The third-order valence-electron chi connectivity index (χ3n) is 4.21. The molecule has 1 amide bonds. The molecule has 4 nitrogen and oxygen atoms in total. The molecule has 1 heterocycles. The minimum atomic E-state index is 0. The molecular weight excluding hydrogens is 321 g/mol. The number of nitrogens with zero attached hydrogens (tertiary/aromatic N) is 1. The van der Waals surface area contributed by atoms with Gasteiger partial charge < -0.3 is 11.1 Å². The monoisotopic (exact) mass is 347 g/mol. The van der Waals surface area contributed by atoms with Crippen molar-refractivity contribution in [3.8, 4) is 0 Å². The number of hydrogen-bond acceptors (Lipinski definition) is 3. The number of pyridine rings is 1. The van der Waals surface area contributed by atoms with Crippen LogP contribution >= 0.6 is 24.8 Å². The zero-order valence-electron chi connectivity index (χ0n) is 12.9.